The lowest BCUT2D eigenvalue weighted by molar-refractivity contribution is 0.0948. The van der Waals surface area contributed by atoms with Gasteiger partial charge >= 0.3 is 0 Å². The van der Waals surface area contributed by atoms with Gasteiger partial charge in [0.15, 0.2) is 5.82 Å². The van der Waals surface area contributed by atoms with E-state index in [4.69, 9.17) is 5.73 Å². The first-order valence-corrected chi connectivity index (χ1v) is 7.01. The molecule has 0 bridgehead atoms. The summed E-state index contributed by atoms with van der Waals surface area (Å²) in [5, 5.41) is 4.21. The fourth-order valence-corrected chi connectivity index (χ4v) is 2.12. The highest BCUT2D eigenvalue weighted by molar-refractivity contribution is 5.97. The van der Waals surface area contributed by atoms with Crippen molar-refractivity contribution >= 4 is 17.5 Å². The maximum absolute atomic E-state index is 12.5. The molecule has 3 rings (SSSR count). The molecule has 3 aromatic rings. The van der Waals surface area contributed by atoms with Crippen LogP contribution in [0, 0.1) is 0 Å². The maximum Gasteiger partial charge on any atom is 0.281 e. The van der Waals surface area contributed by atoms with Crippen molar-refractivity contribution in [1.82, 2.24) is 19.7 Å². The topological polar surface area (TPSA) is 89.9 Å². The number of benzene rings is 1. The minimum Gasteiger partial charge on any atom is -0.378 e. The monoisotopic (exact) mass is 308 g/mol. The van der Waals surface area contributed by atoms with E-state index in [0.717, 1.165) is 15.9 Å². The van der Waals surface area contributed by atoms with Crippen LogP contribution in [0.25, 0.3) is 11.4 Å². The lowest BCUT2D eigenvalue weighted by Gasteiger charge is -2.12. The van der Waals surface area contributed by atoms with Crippen LogP contribution in [0.1, 0.15) is 10.4 Å². The highest BCUT2D eigenvalue weighted by Gasteiger charge is 2.16. The molecule has 0 saturated heterocycles. The summed E-state index contributed by atoms with van der Waals surface area (Å²) in [5.74, 6) is 0.127. The summed E-state index contributed by atoms with van der Waals surface area (Å²) in [6.45, 7) is 0. The first-order chi connectivity index (χ1) is 11.1. The Hall–Kier alpha value is -3.22. The summed E-state index contributed by atoms with van der Waals surface area (Å²) in [5.41, 5.74) is 8.09. The van der Waals surface area contributed by atoms with Crippen LogP contribution in [-0.4, -0.2) is 39.8 Å². The standard InChI is InChI=1S/C16H16N6O/c1-21(2)13-5-3-12(4-6-13)15(23)22-16(17)19-14(20-22)11-7-9-18-10-8-11/h3-10H,1-2H3,(H2,17,19,20). The molecule has 0 aliphatic rings. The summed E-state index contributed by atoms with van der Waals surface area (Å²) in [7, 11) is 3.88. The summed E-state index contributed by atoms with van der Waals surface area (Å²) in [6.07, 6.45) is 3.27. The van der Waals surface area contributed by atoms with E-state index in [2.05, 4.69) is 15.1 Å². The van der Waals surface area contributed by atoms with Crippen LogP contribution in [0.4, 0.5) is 11.6 Å². The second-order valence-corrected chi connectivity index (χ2v) is 5.19. The van der Waals surface area contributed by atoms with Crippen LogP contribution in [0.2, 0.25) is 0 Å². The summed E-state index contributed by atoms with van der Waals surface area (Å²) in [4.78, 5) is 22.6. The molecule has 2 aromatic heterocycles. The molecule has 0 radical (unpaired) electrons. The van der Waals surface area contributed by atoms with Gasteiger partial charge in [-0.1, -0.05) is 0 Å². The zero-order valence-electron chi connectivity index (χ0n) is 12.8. The number of hydrogen-bond acceptors (Lipinski definition) is 6. The van der Waals surface area contributed by atoms with Gasteiger partial charge in [-0.3, -0.25) is 9.78 Å². The number of pyridine rings is 1. The summed E-state index contributed by atoms with van der Waals surface area (Å²) < 4.78 is 1.11. The normalized spacial score (nSPS) is 10.5. The molecule has 0 unspecified atom stereocenters. The minimum atomic E-state index is -0.319. The third-order valence-corrected chi connectivity index (χ3v) is 3.39. The third kappa shape index (κ3) is 2.89. The van der Waals surface area contributed by atoms with Crippen molar-refractivity contribution in [2.75, 3.05) is 24.7 Å². The maximum atomic E-state index is 12.5. The van der Waals surface area contributed by atoms with Crippen LogP contribution in [0.5, 0.6) is 0 Å². The van der Waals surface area contributed by atoms with Crippen molar-refractivity contribution in [3.63, 3.8) is 0 Å². The number of carbonyl (C=O) groups excluding carboxylic acids is 1. The van der Waals surface area contributed by atoms with Gasteiger partial charge in [0.2, 0.25) is 5.95 Å². The van der Waals surface area contributed by atoms with E-state index < -0.39 is 0 Å². The molecule has 0 saturated carbocycles. The van der Waals surface area contributed by atoms with Gasteiger partial charge in [0.25, 0.3) is 5.91 Å². The Kier molecular flexibility index (Phi) is 3.76. The average Bonchev–Trinajstić information content (AvgIpc) is 2.97. The molecule has 0 spiro atoms. The molecule has 2 N–H and O–H groups in total. The van der Waals surface area contributed by atoms with E-state index in [9.17, 15) is 4.79 Å². The Balaban J connectivity index is 1.92. The molecule has 23 heavy (non-hydrogen) atoms. The van der Waals surface area contributed by atoms with Crippen LogP contribution in [0.15, 0.2) is 48.8 Å². The van der Waals surface area contributed by atoms with Gasteiger partial charge in [-0.15, -0.1) is 5.10 Å². The van der Waals surface area contributed by atoms with Crippen molar-refractivity contribution in [2.24, 2.45) is 0 Å². The van der Waals surface area contributed by atoms with Crippen molar-refractivity contribution in [2.45, 2.75) is 0 Å². The molecule has 7 heteroatoms. The summed E-state index contributed by atoms with van der Waals surface area (Å²) >= 11 is 0. The minimum absolute atomic E-state index is 0.0542. The average molecular weight is 308 g/mol. The number of rotatable bonds is 3. The number of nitrogen functional groups attached to an aromatic ring is 1. The Labute approximate surface area is 133 Å². The Bertz CT molecular complexity index is 824. The Morgan fingerprint density at radius 1 is 1.09 bits per heavy atom. The molecular weight excluding hydrogens is 292 g/mol. The number of anilines is 2. The Morgan fingerprint density at radius 3 is 2.35 bits per heavy atom. The molecule has 2 heterocycles. The number of nitrogens with two attached hydrogens (primary N) is 1. The predicted octanol–water partition coefficient (Wildman–Crippen LogP) is 1.68. The second-order valence-electron chi connectivity index (χ2n) is 5.19. The highest BCUT2D eigenvalue weighted by Crippen LogP contribution is 2.17. The molecule has 1 aromatic carbocycles. The molecule has 116 valence electrons. The fraction of sp³-hybridized carbons (Fsp3) is 0.125. The van der Waals surface area contributed by atoms with Gasteiger partial charge in [-0.2, -0.15) is 9.67 Å². The SMILES string of the molecule is CN(C)c1ccc(C(=O)n2nc(-c3ccncc3)nc2N)cc1. The zero-order chi connectivity index (χ0) is 16.4. The smallest absolute Gasteiger partial charge is 0.281 e. The van der Waals surface area contributed by atoms with E-state index in [1.54, 1.807) is 36.7 Å². The third-order valence-electron chi connectivity index (χ3n) is 3.39. The molecule has 0 aliphatic carbocycles. The first kappa shape index (κ1) is 14.7. The lowest BCUT2D eigenvalue weighted by atomic mass is 10.2. The van der Waals surface area contributed by atoms with Gasteiger partial charge in [0.05, 0.1) is 0 Å². The van der Waals surface area contributed by atoms with Crippen LogP contribution < -0.4 is 10.6 Å². The van der Waals surface area contributed by atoms with Crippen LogP contribution in [-0.2, 0) is 0 Å². The van der Waals surface area contributed by atoms with Gasteiger partial charge in [0.1, 0.15) is 0 Å². The predicted molar refractivity (Wildman–Crippen MR) is 88.2 cm³/mol. The quantitative estimate of drug-likeness (QED) is 0.791. The molecule has 0 atom stereocenters. The van der Waals surface area contributed by atoms with E-state index in [1.807, 2.05) is 31.1 Å². The largest absolute Gasteiger partial charge is 0.378 e. The number of nitrogens with zero attached hydrogens (tertiary/aromatic N) is 5. The van der Waals surface area contributed by atoms with Gasteiger partial charge in [0, 0.05) is 43.3 Å². The summed E-state index contributed by atoms with van der Waals surface area (Å²) in [6, 6.07) is 10.7. The molecule has 0 amide bonds. The van der Waals surface area contributed by atoms with E-state index in [-0.39, 0.29) is 11.9 Å². The van der Waals surface area contributed by atoms with E-state index in [0.29, 0.717) is 11.4 Å². The number of aromatic nitrogens is 4. The van der Waals surface area contributed by atoms with Gasteiger partial charge in [-0.05, 0) is 36.4 Å². The number of hydrogen-bond donors (Lipinski definition) is 1. The molecule has 0 fully saturated rings. The van der Waals surface area contributed by atoms with Crippen molar-refractivity contribution in [1.29, 1.82) is 0 Å². The van der Waals surface area contributed by atoms with E-state index in [1.165, 1.54) is 0 Å². The molecular formula is C16H16N6O. The van der Waals surface area contributed by atoms with Crippen molar-refractivity contribution in [3.8, 4) is 11.4 Å². The zero-order valence-corrected chi connectivity index (χ0v) is 12.8. The molecule has 7 nitrogen and oxygen atoms in total. The van der Waals surface area contributed by atoms with Gasteiger partial charge < -0.3 is 10.6 Å². The van der Waals surface area contributed by atoms with Crippen molar-refractivity contribution < 1.29 is 4.79 Å². The molecule has 0 aliphatic heterocycles. The number of carbonyl (C=O) groups is 1. The first-order valence-electron chi connectivity index (χ1n) is 7.01. The second kappa shape index (κ2) is 5.88. The van der Waals surface area contributed by atoms with E-state index >= 15 is 0 Å². The van der Waals surface area contributed by atoms with Crippen molar-refractivity contribution in [3.05, 3.63) is 54.4 Å². The van der Waals surface area contributed by atoms with Crippen LogP contribution >= 0.6 is 0 Å². The lowest BCUT2D eigenvalue weighted by Crippen LogP contribution is -2.16. The highest BCUT2D eigenvalue weighted by atomic mass is 16.2. The van der Waals surface area contributed by atoms with Gasteiger partial charge in [-0.25, -0.2) is 0 Å². The Morgan fingerprint density at radius 2 is 1.74 bits per heavy atom. The fourth-order valence-electron chi connectivity index (χ4n) is 2.12. The van der Waals surface area contributed by atoms with Crippen LogP contribution in [0.3, 0.4) is 0 Å².